The fourth-order valence-corrected chi connectivity index (χ4v) is 4.51. The highest BCUT2D eigenvalue weighted by Gasteiger charge is 2.41. The Kier molecular flexibility index (Phi) is 4.63. The number of halogens is 1. The predicted octanol–water partition coefficient (Wildman–Crippen LogP) is 2.81. The monoisotopic (exact) mass is 427 g/mol. The van der Waals surface area contributed by atoms with Crippen molar-refractivity contribution in [3.63, 3.8) is 0 Å². The molecule has 1 unspecified atom stereocenters. The standard InChI is InChI=1S/C21H22FN5O4/c1-12(10-28)27-16-13(22)6-5-7-14(16)26-11-23-15(17(26)19(27)29)18-24-20(31-25-18)21(30-2)8-3-4-9-21/h5-7,11-12,28H,3-4,8-10H2,1-2H3. The molecule has 1 fully saturated rings. The van der Waals surface area contributed by atoms with Gasteiger partial charge in [0.2, 0.25) is 5.82 Å². The van der Waals surface area contributed by atoms with Crippen LogP contribution in [0.5, 0.6) is 0 Å². The molecular formula is C21H22FN5O4. The maximum absolute atomic E-state index is 14.7. The molecule has 162 valence electrons. The number of hydrogen-bond acceptors (Lipinski definition) is 7. The van der Waals surface area contributed by atoms with Gasteiger partial charge in [0.1, 0.15) is 34.5 Å². The Hall–Kier alpha value is -3.11. The summed E-state index contributed by atoms with van der Waals surface area (Å²) in [5, 5.41) is 13.8. The lowest BCUT2D eigenvalue weighted by Gasteiger charge is -2.22. The van der Waals surface area contributed by atoms with E-state index in [4.69, 9.17) is 9.26 Å². The largest absolute Gasteiger partial charge is 0.394 e. The van der Waals surface area contributed by atoms with Gasteiger partial charge in [-0.3, -0.25) is 13.8 Å². The zero-order valence-corrected chi connectivity index (χ0v) is 17.2. The molecule has 1 saturated carbocycles. The van der Waals surface area contributed by atoms with Crippen LogP contribution in [0, 0.1) is 5.82 Å². The van der Waals surface area contributed by atoms with Crippen molar-refractivity contribution in [1.29, 1.82) is 0 Å². The van der Waals surface area contributed by atoms with Crippen LogP contribution in [0.15, 0.2) is 33.8 Å². The number of aliphatic hydroxyl groups excluding tert-OH is 1. The first-order valence-corrected chi connectivity index (χ1v) is 10.2. The lowest BCUT2D eigenvalue weighted by Crippen LogP contribution is -2.28. The second-order valence-corrected chi connectivity index (χ2v) is 7.95. The van der Waals surface area contributed by atoms with Gasteiger partial charge in [-0.2, -0.15) is 4.98 Å². The number of fused-ring (bicyclic) bond motifs is 3. The van der Waals surface area contributed by atoms with Crippen LogP contribution >= 0.6 is 0 Å². The third kappa shape index (κ3) is 2.82. The van der Waals surface area contributed by atoms with Crippen LogP contribution < -0.4 is 5.56 Å². The molecule has 0 amide bonds. The van der Waals surface area contributed by atoms with E-state index in [9.17, 15) is 14.3 Å². The molecule has 5 rings (SSSR count). The molecule has 9 nitrogen and oxygen atoms in total. The van der Waals surface area contributed by atoms with E-state index >= 15 is 0 Å². The van der Waals surface area contributed by atoms with Crippen LogP contribution in [0.25, 0.3) is 28.1 Å². The lowest BCUT2D eigenvalue weighted by molar-refractivity contribution is -0.0342. The molecule has 1 N–H and O–H groups in total. The van der Waals surface area contributed by atoms with Crippen molar-refractivity contribution in [3.8, 4) is 11.5 Å². The van der Waals surface area contributed by atoms with Gasteiger partial charge in [0.15, 0.2) is 0 Å². The van der Waals surface area contributed by atoms with Crippen molar-refractivity contribution in [2.75, 3.05) is 13.7 Å². The second-order valence-electron chi connectivity index (χ2n) is 7.95. The second kappa shape index (κ2) is 7.24. The summed E-state index contributed by atoms with van der Waals surface area (Å²) in [6, 6.07) is 3.89. The Morgan fingerprint density at radius 1 is 1.32 bits per heavy atom. The Morgan fingerprint density at radius 2 is 2.10 bits per heavy atom. The van der Waals surface area contributed by atoms with E-state index in [1.54, 1.807) is 26.2 Å². The molecule has 0 saturated heterocycles. The van der Waals surface area contributed by atoms with E-state index in [1.807, 2.05) is 0 Å². The SMILES string of the molecule is COC1(c2nc(-c3ncn4c3c(=O)n(C(C)CO)c3c(F)cccc34)no2)CCCC1. The van der Waals surface area contributed by atoms with E-state index in [1.165, 1.54) is 21.4 Å². The summed E-state index contributed by atoms with van der Waals surface area (Å²) in [5.74, 6) is -0.0337. The van der Waals surface area contributed by atoms with E-state index < -0.39 is 23.0 Å². The lowest BCUT2D eigenvalue weighted by atomic mass is 10.0. The number of ether oxygens (including phenoxy) is 1. The first kappa shape index (κ1) is 19.8. The molecule has 0 spiro atoms. The number of nitrogens with zero attached hydrogens (tertiary/aromatic N) is 5. The molecule has 3 aromatic heterocycles. The zero-order chi connectivity index (χ0) is 21.8. The van der Waals surface area contributed by atoms with Crippen LogP contribution in [0.4, 0.5) is 4.39 Å². The van der Waals surface area contributed by atoms with Gasteiger partial charge in [0.25, 0.3) is 11.4 Å². The highest BCUT2D eigenvalue weighted by molar-refractivity contribution is 5.84. The quantitative estimate of drug-likeness (QED) is 0.522. The van der Waals surface area contributed by atoms with Crippen LogP contribution in [0.2, 0.25) is 0 Å². The van der Waals surface area contributed by atoms with E-state index in [0.717, 1.165) is 25.7 Å². The number of rotatable bonds is 5. The molecule has 1 aromatic carbocycles. The fraction of sp³-hybridized carbons (Fsp3) is 0.429. The zero-order valence-electron chi connectivity index (χ0n) is 17.2. The minimum absolute atomic E-state index is 0.101. The minimum Gasteiger partial charge on any atom is -0.394 e. The molecule has 31 heavy (non-hydrogen) atoms. The maximum Gasteiger partial charge on any atom is 0.278 e. The average Bonchev–Trinajstić information content (AvgIpc) is 3.52. The van der Waals surface area contributed by atoms with E-state index in [0.29, 0.717) is 11.4 Å². The third-order valence-corrected chi connectivity index (χ3v) is 6.19. The summed E-state index contributed by atoms with van der Waals surface area (Å²) in [5.41, 5.74) is -0.161. The highest BCUT2D eigenvalue weighted by Crippen LogP contribution is 2.41. The Balaban J connectivity index is 1.77. The summed E-state index contributed by atoms with van der Waals surface area (Å²) in [6.07, 6.45) is 5.00. The average molecular weight is 427 g/mol. The van der Waals surface area contributed by atoms with E-state index in [-0.39, 0.29) is 29.2 Å². The first-order chi connectivity index (χ1) is 15.0. The van der Waals surface area contributed by atoms with Crippen molar-refractivity contribution in [1.82, 2.24) is 24.1 Å². The number of imidazole rings is 1. The summed E-state index contributed by atoms with van der Waals surface area (Å²) < 4.78 is 28.7. The fourth-order valence-electron chi connectivity index (χ4n) is 4.51. The molecule has 0 bridgehead atoms. The molecular weight excluding hydrogens is 405 g/mol. The highest BCUT2D eigenvalue weighted by atomic mass is 19.1. The van der Waals surface area contributed by atoms with Gasteiger partial charge in [-0.15, -0.1) is 0 Å². The van der Waals surface area contributed by atoms with Crippen molar-refractivity contribution in [3.05, 3.63) is 46.6 Å². The molecule has 10 heteroatoms. The minimum atomic E-state index is -0.643. The van der Waals surface area contributed by atoms with Crippen LogP contribution in [0.3, 0.4) is 0 Å². The van der Waals surface area contributed by atoms with Crippen molar-refractivity contribution >= 4 is 16.6 Å². The molecule has 4 aromatic rings. The molecule has 1 aliphatic rings. The summed E-state index contributed by atoms with van der Waals surface area (Å²) in [6.45, 7) is 1.32. The Morgan fingerprint density at radius 3 is 2.81 bits per heavy atom. The Bertz CT molecular complexity index is 1340. The number of hydrogen-bond donors (Lipinski definition) is 1. The molecule has 1 atom stereocenters. The van der Waals surface area contributed by atoms with Crippen LogP contribution in [0.1, 0.15) is 44.5 Å². The smallest absolute Gasteiger partial charge is 0.278 e. The van der Waals surface area contributed by atoms with Crippen LogP contribution in [-0.2, 0) is 10.3 Å². The van der Waals surface area contributed by atoms with Gasteiger partial charge in [-0.25, -0.2) is 9.37 Å². The van der Waals surface area contributed by atoms with Gasteiger partial charge >= 0.3 is 0 Å². The number of benzene rings is 1. The number of para-hydroxylation sites is 1. The first-order valence-electron chi connectivity index (χ1n) is 10.2. The van der Waals surface area contributed by atoms with Crippen molar-refractivity contribution in [2.24, 2.45) is 0 Å². The molecule has 1 aliphatic carbocycles. The molecule has 3 heterocycles. The number of aliphatic hydroxyl groups is 1. The number of aromatic nitrogens is 5. The van der Waals surface area contributed by atoms with Gasteiger partial charge in [0.05, 0.1) is 18.2 Å². The maximum atomic E-state index is 14.7. The third-order valence-electron chi connectivity index (χ3n) is 6.19. The molecule has 0 aliphatic heterocycles. The van der Waals surface area contributed by atoms with Gasteiger partial charge in [0, 0.05) is 7.11 Å². The Labute approximate surface area is 176 Å². The van der Waals surface area contributed by atoms with E-state index in [2.05, 4.69) is 15.1 Å². The van der Waals surface area contributed by atoms with Gasteiger partial charge < -0.3 is 14.4 Å². The summed E-state index contributed by atoms with van der Waals surface area (Å²) >= 11 is 0. The normalized spacial score (nSPS) is 17.0. The summed E-state index contributed by atoms with van der Waals surface area (Å²) in [7, 11) is 1.62. The van der Waals surface area contributed by atoms with Crippen molar-refractivity contribution < 1.29 is 18.8 Å². The topological polar surface area (TPSA) is 108 Å². The van der Waals surface area contributed by atoms with Crippen LogP contribution in [-0.4, -0.2) is 42.9 Å². The molecule has 0 radical (unpaired) electrons. The van der Waals surface area contributed by atoms with Gasteiger partial charge in [-0.05, 0) is 44.7 Å². The number of methoxy groups -OCH3 is 1. The predicted molar refractivity (Wildman–Crippen MR) is 109 cm³/mol. The van der Waals surface area contributed by atoms with Gasteiger partial charge in [-0.1, -0.05) is 11.2 Å². The van der Waals surface area contributed by atoms with Crippen molar-refractivity contribution in [2.45, 2.75) is 44.2 Å². The summed E-state index contributed by atoms with van der Waals surface area (Å²) in [4.78, 5) is 22.3.